The van der Waals surface area contributed by atoms with Crippen LogP contribution in [0.15, 0.2) is 36.4 Å². The molecule has 2 bridgehead atoms. The quantitative estimate of drug-likeness (QED) is 0.707. The molecule has 2 aliphatic heterocycles. The minimum absolute atomic E-state index is 0.111. The Balaban J connectivity index is 1.47. The van der Waals surface area contributed by atoms with Crippen molar-refractivity contribution in [3.63, 3.8) is 0 Å². The minimum Gasteiger partial charge on any atom is -0.310 e. The van der Waals surface area contributed by atoms with Gasteiger partial charge in [-0.1, -0.05) is 38.1 Å². The van der Waals surface area contributed by atoms with E-state index in [1.165, 1.54) is 49.3 Å². The summed E-state index contributed by atoms with van der Waals surface area (Å²) in [6.45, 7) is 5.47. The van der Waals surface area contributed by atoms with Crippen LogP contribution in [0.4, 0.5) is 4.39 Å². The van der Waals surface area contributed by atoms with Crippen molar-refractivity contribution in [3.8, 4) is 17.2 Å². The van der Waals surface area contributed by atoms with E-state index in [4.69, 9.17) is 5.26 Å². The molecule has 1 saturated carbocycles. The van der Waals surface area contributed by atoms with Crippen molar-refractivity contribution in [2.24, 2.45) is 0 Å². The van der Waals surface area contributed by atoms with Gasteiger partial charge in [0.1, 0.15) is 11.9 Å². The molecule has 156 valence electrons. The molecule has 2 heterocycles. The molecular weight excluding hydrogens is 373 g/mol. The summed E-state index contributed by atoms with van der Waals surface area (Å²) in [6.07, 6.45) is 6.27. The van der Waals surface area contributed by atoms with Gasteiger partial charge < -0.3 is 5.32 Å². The molecule has 2 aromatic rings. The van der Waals surface area contributed by atoms with E-state index in [9.17, 15) is 4.39 Å². The Bertz CT molecular complexity index is 988. The zero-order chi connectivity index (χ0) is 20.8. The first-order valence-corrected chi connectivity index (χ1v) is 11.4. The molecule has 3 nitrogen and oxygen atoms in total. The van der Waals surface area contributed by atoms with E-state index in [-0.39, 0.29) is 5.56 Å². The highest BCUT2D eigenvalue weighted by Gasteiger charge is 2.46. The van der Waals surface area contributed by atoms with Gasteiger partial charge in [-0.3, -0.25) is 4.90 Å². The van der Waals surface area contributed by atoms with Gasteiger partial charge in [0, 0.05) is 30.7 Å². The van der Waals surface area contributed by atoms with Gasteiger partial charge in [0.25, 0.3) is 0 Å². The Morgan fingerprint density at radius 3 is 2.70 bits per heavy atom. The molecule has 0 aromatic heterocycles. The lowest BCUT2D eigenvalue weighted by molar-refractivity contribution is 0.230. The van der Waals surface area contributed by atoms with E-state index in [1.807, 2.05) is 12.1 Å². The summed E-state index contributed by atoms with van der Waals surface area (Å²) in [7, 11) is 0. The summed E-state index contributed by atoms with van der Waals surface area (Å²) in [5.74, 6) is 0.155. The summed E-state index contributed by atoms with van der Waals surface area (Å²) in [4.78, 5) is 2.73. The van der Waals surface area contributed by atoms with Gasteiger partial charge in [0.05, 0.1) is 5.56 Å². The topological polar surface area (TPSA) is 39.1 Å². The number of nitrogens with one attached hydrogen (secondary N) is 1. The maximum atomic E-state index is 14.3. The van der Waals surface area contributed by atoms with Crippen molar-refractivity contribution in [1.29, 1.82) is 5.26 Å². The third kappa shape index (κ3) is 3.55. The number of nitrogens with zero attached hydrogens (tertiary/aromatic N) is 2. The third-order valence-corrected chi connectivity index (χ3v) is 7.16. The van der Waals surface area contributed by atoms with E-state index in [0.29, 0.717) is 30.1 Å². The van der Waals surface area contributed by atoms with Crippen LogP contribution in [-0.4, -0.2) is 29.1 Å². The molecule has 1 N–H and O–H groups in total. The molecule has 0 spiro atoms. The van der Waals surface area contributed by atoms with Crippen LogP contribution in [0.1, 0.15) is 68.6 Å². The summed E-state index contributed by atoms with van der Waals surface area (Å²) >= 11 is 0. The molecule has 3 fully saturated rings. The molecule has 3 atom stereocenters. The van der Waals surface area contributed by atoms with Crippen LogP contribution in [0.3, 0.4) is 0 Å². The molecule has 0 unspecified atom stereocenters. The smallest absolute Gasteiger partial charge is 0.141 e. The van der Waals surface area contributed by atoms with Gasteiger partial charge >= 0.3 is 0 Å². The number of hydrogen-bond acceptors (Lipinski definition) is 3. The van der Waals surface area contributed by atoms with Crippen molar-refractivity contribution in [2.45, 2.75) is 82.6 Å². The van der Waals surface area contributed by atoms with Crippen LogP contribution in [0.2, 0.25) is 0 Å². The van der Waals surface area contributed by atoms with Crippen molar-refractivity contribution in [2.75, 3.05) is 0 Å². The molecule has 5 rings (SSSR count). The number of halogens is 1. The molecular formula is C26H30FN3. The van der Waals surface area contributed by atoms with E-state index in [2.05, 4.69) is 42.3 Å². The second-order valence-corrected chi connectivity index (χ2v) is 9.59. The zero-order valence-corrected chi connectivity index (χ0v) is 17.9. The second kappa shape index (κ2) is 7.80. The molecule has 1 aliphatic carbocycles. The summed E-state index contributed by atoms with van der Waals surface area (Å²) < 4.78 is 14.3. The molecule has 30 heavy (non-hydrogen) atoms. The van der Waals surface area contributed by atoms with Crippen LogP contribution in [0, 0.1) is 17.1 Å². The van der Waals surface area contributed by atoms with E-state index in [1.54, 1.807) is 6.07 Å². The van der Waals surface area contributed by atoms with Gasteiger partial charge in [0.2, 0.25) is 0 Å². The Hall–Kier alpha value is -2.22. The molecule has 2 saturated heterocycles. The predicted molar refractivity (Wildman–Crippen MR) is 118 cm³/mol. The lowest BCUT2D eigenvalue weighted by Gasteiger charge is -2.27. The summed E-state index contributed by atoms with van der Waals surface area (Å²) in [5.41, 5.74) is 4.95. The standard InChI is InChI=1S/C26H30FN3/c1-16(2)29-24-13-21-10-11-25(24)30(21)15-20-4-3-5-22(26(20)17-6-7-17)18-8-9-19(14-28)23(27)12-18/h3-5,8-9,12,16-17,21,24-25,29H,6-7,10-11,13,15H2,1-2H3/t21-,24+,25+/m0/s1. The lowest BCUT2D eigenvalue weighted by atomic mass is 9.91. The van der Waals surface area contributed by atoms with Crippen molar-refractivity contribution >= 4 is 0 Å². The fourth-order valence-corrected chi connectivity index (χ4v) is 5.78. The van der Waals surface area contributed by atoms with Crippen molar-refractivity contribution in [1.82, 2.24) is 10.2 Å². The van der Waals surface area contributed by atoms with Gasteiger partial charge in [-0.25, -0.2) is 4.39 Å². The Kier molecular flexibility index (Phi) is 5.13. The third-order valence-electron chi connectivity index (χ3n) is 7.16. The number of benzene rings is 2. The van der Waals surface area contributed by atoms with Gasteiger partial charge in [-0.15, -0.1) is 0 Å². The maximum absolute atomic E-state index is 14.3. The highest BCUT2D eigenvalue weighted by atomic mass is 19.1. The average molecular weight is 404 g/mol. The summed E-state index contributed by atoms with van der Waals surface area (Å²) in [6, 6.07) is 15.9. The Morgan fingerprint density at radius 2 is 2.00 bits per heavy atom. The van der Waals surface area contributed by atoms with Crippen molar-refractivity contribution in [3.05, 3.63) is 58.9 Å². The molecule has 0 amide bonds. The van der Waals surface area contributed by atoms with E-state index >= 15 is 0 Å². The fourth-order valence-electron chi connectivity index (χ4n) is 5.78. The molecule has 3 aliphatic rings. The summed E-state index contributed by atoms with van der Waals surface area (Å²) in [5, 5.41) is 12.9. The van der Waals surface area contributed by atoms with Crippen LogP contribution in [0.25, 0.3) is 11.1 Å². The monoisotopic (exact) mass is 403 g/mol. The van der Waals surface area contributed by atoms with Gasteiger partial charge in [-0.05, 0) is 72.4 Å². The molecule has 2 aromatic carbocycles. The van der Waals surface area contributed by atoms with Crippen LogP contribution in [0.5, 0.6) is 0 Å². The average Bonchev–Trinajstić information content (AvgIpc) is 3.44. The van der Waals surface area contributed by atoms with E-state index < -0.39 is 5.82 Å². The van der Waals surface area contributed by atoms with Gasteiger partial charge in [-0.2, -0.15) is 5.26 Å². The first kappa shape index (κ1) is 19.7. The van der Waals surface area contributed by atoms with Crippen molar-refractivity contribution < 1.29 is 4.39 Å². The zero-order valence-electron chi connectivity index (χ0n) is 17.9. The Labute approximate surface area is 178 Å². The first-order valence-electron chi connectivity index (χ1n) is 11.4. The number of hydrogen-bond donors (Lipinski definition) is 1. The van der Waals surface area contributed by atoms with Crippen LogP contribution >= 0.6 is 0 Å². The second-order valence-electron chi connectivity index (χ2n) is 9.59. The van der Waals surface area contributed by atoms with Crippen LogP contribution in [-0.2, 0) is 6.54 Å². The lowest BCUT2D eigenvalue weighted by Crippen LogP contribution is -2.43. The molecule has 4 heteroatoms. The normalized spacial score (nSPS) is 25.8. The number of nitriles is 1. The fraction of sp³-hybridized carbons (Fsp3) is 0.500. The first-order chi connectivity index (χ1) is 14.5. The Morgan fingerprint density at radius 1 is 1.17 bits per heavy atom. The highest BCUT2D eigenvalue weighted by molar-refractivity contribution is 5.71. The predicted octanol–water partition coefficient (Wildman–Crippen LogP) is 5.35. The maximum Gasteiger partial charge on any atom is 0.141 e. The minimum atomic E-state index is -0.428. The van der Waals surface area contributed by atoms with Crippen LogP contribution < -0.4 is 5.32 Å². The molecule has 0 radical (unpaired) electrons. The number of rotatable bonds is 6. The SMILES string of the molecule is CC(C)N[C@@H]1C[C@@H]2CC[C@H]1N2Cc1cccc(-c2ccc(C#N)c(F)c2)c1C1CC1. The largest absolute Gasteiger partial charge is 0.310 e. The van der Waals surface area contributed by atoms with Gasteiger partial charge in [0.15, 0.2) is 0 Å². The number of fused-ring (bicyclic) bond motifs is 2. The highest BCUT2D eigenvalue weighted by Crippen LogP contribution is 2.48. The van der Waals surface area contributed by atoms with E-state index in [0.717, 1.165) is 17.7 Å².